The topological polar surface area (TPSA) is 6.48 Å². The first-order chi connectivity index (χ1) is 10.6. The van der Waals surface area contributed by atoms with Gasteiger partial charge in [-0.2, -0.15) is 0 Å². The zero-order chi connectivity index (χ0) is 15.5. The molecule has 0 saturated heterocycles. The highest BCUT2D eigenvalue weighted by atomic mass is 35.5. The van der Waals surface area contributed by atoms with Gasteiger partial charge in [0, 0.05) is 44.4 Å². The van der Waals surface area contributed by atoms with Gasteiger partial charge in [-0.3, -0.25) is 4.90 Å². The molecule has 0 N–H and O–H groups in total. The van der Waals surface area contributed by atoms with Crippen LogP contribution in [0.15, 0.2) is 42.5 Å². The first kappa shape index (κ1) is 15.4. The highest BCUT2D eigenvalue weighted by Crippen LogP contribution is 2.24. The first-order valence-electron chi connectivity index (χ1n) is 7.88. The molecule has 0 atom stereocenters. The smallest absolute Gasteiger partial charge is 0.0406 e. The van der Waals surface area contributed by atoms with Crippen molar-refractivity contribution in [2.75, 3.05) is 32.1 Å². The SMILES string of the molecule is CN(C)c1ccc2c(c1)CN(CCc1ccc(Cl)cc1)CC2. The molecule has 0 spiro atoms. The second-order valence-electron chi connectivity index (χ2n) is 6.25. The third-order valence-electron chi connectivity index (χ3n) is 4.43. The van der Waals surface area contributed by atoms with Gasteiger partial charge in [-0.25, -0.2) is 0 Å². The normalized spacial score (nSPS) is 14.7. The summed E-state index contributed by atoms with van der Waals surface area (Å²) in [6.07, 6.45) is 2.24. The van der Waals surface area contributed by atoms with E-state index < -0.39 is 0 Å². The Labute approximate surface area is 138 Å². The predicted molar refractivity (Wildman–Crippen MR) is 94.9 cm³/mol. The van der Waals surface area contributed by atoms with Crippen molar-refractivity contribution in [3.8, 4) is 0 Å². The molecule has 0 saturated carbocycles. The maximum Gasteiger partial charge on any atom is 0.0406 e. The van der Waals surface area contributed by atoms with E-state index in [-0.39, 0.29) is 0 Å². The van der Waals surface area contributed by atoms with Crippen molar-refractivity contribution in [1.29, 1.82) is 0 Å². The molecule has 22 heavy (non-hydrogen) atoms. The molecule has 1 heterocycles. The molecule has 0 fully saturated rings. The van der Waals surface area contributed by atoms with Crippen LogP contribution in [0.2, 0.25) is 5.02 Å². The lowest BCUT2D eigenvalue weighted by Crippen LogP contribution is -2.32. The van der Waals surface area contributed by atoms with Crippen LogP contribution in [0, 0.1) is 0 Å². The molecule has 3 heteroatoms. The number of hydrogen-bond donors (Lipinski definition) is 0. The lowest BCUT2D eigenvalue weighted by atomic mass is 9.98. The van der Waals surface area contributed by atoms with E-state index in [1.54, 1.807) is 0 Å². The van der Waals surface area contributed by atoms with Crippen molar-refractivity contribution in [3.05, 3.63) is 64.2 Å². The summed E-state index contributed by atoms with van der Waals surface area (Å²) in [6.45, 7) is 3.32. The van der Waals surface area contributed by atoms with Gasteiger partial charge in [0.2, 0.25) is 0 Å². The van der Waals surface area contributed by atoms with Crippen LogP contribution in [0.5, 0.6) is 0 Å². The third-order valence-corrected chi connectivity index (χ3v) is 4.68. The minimum atomic E-state index is 0.812. The minimum Gasteiger partial charge on any atom is -0.378 e. The average molecular weight is 315 g/mol. The molecule has 0 radical (unpaired) electrons. The monoisotopic (exact) mass is 314 g/mol. The number of benzene rings is 2. The zero-order valence-corrected chi connectivity index (χ0v) is 14.1. The Morgan fingerprint density at radius 1 is 1.05 bits per heavy atom. The summed E-state index contributed by atoms with van der Waals surface area (Å²) in [5, 5.41) is 0.812. The first-order valence-corrected chi connectivity index (χ1v) is 8.25. The molecule has 0 bridgehead atoms. The Hall–Kier alpha value is -1.51. The molecule has 2 nitrogen and oxygen atoms in total. The number of nitrogens with zero attached hydrogens (tertiary/aromatic N) is 2. The summed E-state index contributed by atoms with van der Waals surface area (Å²) in [6, 6.07) is 15.1. The molecule has 2 aromatic rings. The van der Waals surface area contributed by atoms with Crippen LogP contribution in [-0.4, -0.2) is 32.1 Å². The van der Waals surface area contributed by atoms with Gasteiger partial charge in [0.15, 0.2) is 0 Å². The predicted octanol–water partition coefficient (Wildman–Crippen LogP) is 4.01. The minimum absolute atomic E-state index is 0.812. The van der Waals surface area contributed by atoms with E-state index in [9.17, 15) is 0 Å². The van der Waals surface area contributed by atoms with E-state index in [1.807, 2.05) is 12.1 Å². The largest absolute Gasteiger partial charge is 0.378 e. The van der Waals surface area contributed by atoms with E-state index in [1.165, 1.54) is 22.4 Å². The van der Waals surface area contributed by atoms with Gasteiger partial charge in [0.1, 0.15) is 0 Å². The average Bonchev–Trinajstić information content (AvgIpc) is 2.53. The van der Waals surface area contributed by atoms with E-state index in [0.717, 1.165) is 37.5 Å². The second kappa shape index (κ2) is 6.72. The Balaban J connectivity index is 1.63. The van der Waals surface area contributed by atoms with E-state index >= 15 is 0 Å². The fraction of sp³-hybridized carbons (Fsp3) is 0.368. The van der Waals surface area contributed by atoms with E-state index in [0.29, 0.717) is 0 Å². The van der Waals surface area contributed by atoms with Crippen molar-refractivity contribution in [2.24, 2.45) is 0 Å². The number of hydrogen-bond acceptors (Lipinski definition) is 2. The van der Waals surface area contributed by atoms with Gasteiger partial charge in [0.05, 0.1) is 0 Å². The Morgan fingerprint density at radius 3 is 2.55 bits per heavy atom. The lowest BCUT2D eigenvalue weighted by molar-refractivity contribution is 0.257. The third kappa shape index (κ3) is 3.63. The number of anilines is 1. The van der Waals surface area contributed by atoms with Crippen molar-refractivity contribution in [1.82, 2.24) is 4.90 Å². The van der Waals surface area contributed by atoms with Crippen LogP contribution >= 0.6 is 11.6 Å². The molecule has 0 unspecified atom stereocenters. The Morgan fingerprint density at radius 2 is 1.82 bits per heavy atom. The molecule has 3 rings (SSSR count). The van der Waals surface area contributed by atoms with E-state index in [4.69, 9.17) is 11.6 Å². The molecule has 1 aliphatic rings. The van der Waals surface area contributed by atoms with Crippen molar-refractivity contribution >= 4 is 17.3 Å². The quantitative estimate of drug-likeness (QED) is 0.841. The summed E-state index contributed by atoms with van der Waals surface area (Å²) in [5.41, 5.74) is 5.64. The fourth-order valence-corrected chi connectivity index (χ4v) is 3.14. The van der Waals surface area contributed by atoms with Gasteiger partial charge in [-0.15, -0.1) is 0 Å². The summed E-state index contributed by atoms with van der Waals surface area (Å²) in [5.74, 6) is 0. The Bertz CT molecular complexity index is 634. The maximum atomic E-state index is 5.94. The van der Waals surface area contributed by atoms with Crippen molar-refractivity contribution < 1.29 is 0 Å². The van der Waals surface area contributed by atoms with E-state index in [2.05, 4.69) is 54.2 Å². The van der Waals surface area contributed by atoms with Crippen LogP contribution in [0.3, 0.4) is 0 Å². The molecular weight excluding hydrogens is 292 g/mol. The highest BCUT2D eigenvalue weighted by molar-refractivity contribution is 6.30. The standard InChI is InChI=1S/C19H23ClN2/c1-21(2)19-8-5-16-10-12-22(14-17(16)13-19)11-9-15-3-6-18(20)7-4-15/h3-8,13H,9-12,14H2,1-2H3. The van der Waals surface area contributed by atoms with Crippen LogP contribution in [0.1, 0.15) is 16.7 Å². The van der Waals surface area contributed by atoms with Gasteiger partial charge in [-0.05, 0) is 53.8 Å². The molecule has 116 valence electrons. The Kier molecular flexibility index (Phi) is 4.70. The van der Waals surface area contributed by atoms with Gasteiger partial charge < -0.3 is 4.90 Å². The van der Waals surface area contributed by atoms with Crippen LogP contribution in [0.4, 0.5) is 5.69 Å². The molecule has 0 aliphatic carbocycles. The lowest BCUT2D eigenvalue weighted by Gasteiger charge is -2.29. The summed E-state index contributed by atoms with van der Waals surface area (Å²) < 4.78 is 0. The van der Waals surface area contributed by atoms with Gasteiger partial charge in [0.25, 0.3) is 0 Å². The number of halogens is 1. The zero-order valence-electron chi connectivity index (χ0n) is 13.3. The van der Waals surface area contributed by atoms with Gasteiger partial charge in [-0.1, -0.05) is 29.8 Å². The molecule has 0 aromatic heterocycles. The maximum absolute atomic E-state index is 5.94. The molecule has 1 aliphatic heterocycles. The molecular formula is C19H23ClN2. The van der Waals surface area contributed by atoms with Crippen molar-refractivity contribution in [3.63, 3.8) is 0 Å². The summed E-state index contributed by atoms with van der Waals surface area (Å²) >= 11 is 5.94. The summed E-state index contributed by atoms with van der Waals surface area (Å²) in [7, 11) is 4.20. The molecule has 2 aromatic carbocycles. The molecule has 0 amide bonds. The van der Waals surface area contributed by atoms with Crippen LogP contribution < -0.4 is 4.90 Å². The van der Waals surface area contributed by atoms with Crippen molar-refractivity contribution in [2.45, 2.75) is 19.4 Å². The highest BCUT2D eigenvalue weighted by Gasteiger charge is 2.16. The fourth-order valence-electron chi connectivity index (χ4n) is 3.01. The van der Waals surface area contributed by atoms with Crippen LogP contribution in [0.25, 0.3) is 0 Å². The second-order valence-corrected chi connectivity index (χ2v) is 6.69. The number of fused-ring (bicyclic) bond motifs is 1. The van der Waals surface area contributed by atoms with Crippen LogP contribution in [-0.2, 0) is 19.4 Å². The summed E-state index contributed by atoms with van der Waals surface area (Å²) in [4.78, 5) is 4.73. The van der Waals surface area contributed by atoms with Gasteiger partial charge >= 0.3 is 0 Å². The number of rotatable bonds is 4.